The van der Waals surface area contributed by atoms with E-state index in [0.717, 1.165) is 4.90 Å². The van der Waals surface area contributed by atoms with Crippen molar-refractivity contribution in [3.8, 4) is 5.75 Å². The van der Waals surface area contributed by atoms with E-state index < -0.39 is 29.8 Å². The monoisotopic (exact) mass is 449 g/mol. The molecule has 10 heteroatoms. The van der Waals surface area contributed by atoms with Gasteiger partial charge in [-0.25, -0.2) is 14.5 Å². The number of alkyl halides is 3. The van der Waals surface area contributed by atoms with Crippen LogP contribution in [0, 0.1) is 0 Å². The van der Waals surface area contributed by atoms with Crippen molar-refractivity contribution in [2.75, 3.05) is 6.54 Å². The Kier molecular flexibility index (Phi) is 8.64. The first-order chi connectivity index (χ1) is 13.6. The molecule has 0 aliphatic rings. The van der Waals surface area contributed by atoms with Crippen molar-refractivity contribution in [3.63, 3.8) is 0 Å². The minimum absolute atomic E-state index is 0.105. The molecule has 0 aliphatic heterocycles. The summed E-state index contributed by atoms with van der Waals surface area (Å²) < 4.78 is 50.8. The Morgan fingerprint density at radius 1 is 0.933 bits per heavy atom. The molecule has 0 saturated carbocycles. The van der Waals surface area contributed by atoms with Crippen molar-refractivity contribution in [2.24, 2.45) is 0 Å². The second-order valence-corrected chi connectivity index (χ2v) is 9.06. The maximum Gasteiger partial charge on any atom is 0.573 e. The van der Waals surface area contributed by atoms with Crippen molar-refractivity contribution >= 4 is 23.9 Å². The van der Waals surface area contributed by atoms with Crippen LogP contribution < -0.4 is 4.74 Å². The number of carbonyl (C=O) groups excluding carboxylic acids is 2. The summed E-state index contributed by atoms with van der Waals surface area (Å²) >= 11 is 1.19. The fourth-order valence-electron chi connectivity index (χ4n) is 1.85. The Morgan fingerprint density at radius 2 is 1.40 bits per heavy atom. The molecule has 0 bridgehead atoms. The number of nitrogens with zero attached hydrogens (tertiary/aromatic N) is 1. The first-order valence-corrected chi connectivity index (χ1v) is 9.85. The van der Waals surface area contributed by atoms with Crippen molar-refractivity contribution < 1.29 is 37.0 Å². The van der Waals surface area contributed by atoms with Gasteiger partial charge in [0.1, 0.15) is 17.0 Å². The molecular weight excluding hydrogens is 423 g/mol. The highest BCUT2D eigenvalue weighted by Crippen LogP contribution is 2.26. The molecule has 0 spiro atoms. The van der Waals surface area contributed by atoms with Crippen LogP contribution in [-0.4, -0.2) is 41.2 Å². The zero-order chi connectivity index (χ0) is 23.2. The molecule has 6 nitrogen and oxygen atoms in total. The fourth-order valence-corrected chi connectivity index (χ4v) is 2.49. The Labute approximate surface area is 178 Å². The summed E-state index contributed by atoms with van der Waals surface area (Å²) in [6, 6.07) is 5.29. The Balaban J connectivity index is 2.76. The Bertz CT molecular complexity index is 722. The van der Waals surface area contributed by atoms with Gasteiger partial charge in [-0.2, -0.15) is 0 Å². The lowest BCUT2D eigenvalue weighted by atomic mass is 10.2. The van der Waals surface area contributed by atoms with E-state index in [9.17, 15) is 22.8 Å². The third-order valence-electron chi connectivity index (χ3n) is 2.87. The summed E-state index contributed by atoms with van der Waals surface area (Å²) in [7, 11) is 0. The van der Waals surface area contributed by atoms with Crippen LogP contribution in [0.4, 0.5) is 22.8 Å². The molecule has 168 valence electrons. The number of ether oxygens (including phenoxy) is 3. The first kappa shape index (κ1) is 25.7. The molecule has 0 unspecified atom stereocenters. The van der Waals surface area contributed by atoms with Gasteiger partial charge in [-0.3, -0.25) is 0 Å². The molecular formula is C20H26F3NO5S. The predicted molar refractivity (Wildman–Crippen MR) is 107 cm³/mol. The molecule has 1 aromatic carbocycles. The molecule has 0 saturated heterocycles. The van der Waals surface area contributed by atoms with Gasteiger partial charge in [-0.15, -0.1) is 13.2 Å². The number of rotatable bonds is 5. The van der Waals surface area contributed by atoms with E-state index in [4.69, 9.17) is 9.47 Å². The number of imide groups is 1. The third kappa shape index (κ3) is 11.0. The number of amides is 2. The second-order valence-electron chi connectivity index (χ2n) is 8.08. The number of thioether (sulfide) groups is 1. The summed E-state index contributed by atoms with van der Waals surface area (Å²) in [6.07, 6.45) is -4.90. The SMILES string of the molecule is CC(C)(C)OC(=O)N(C/C=C/Sc1ccc(OC(F)(F)F)cc1)C(=O)OC(C)(C)C. The van der Waals surface area contributed by atoms with Crippen LogP contribution in [0.3, 0.4) is 0 Å². The van der Waals surface area contributed by atoms with Gasteiger partial charge in [-0.05, 0) is 71.2 Å². The smallest absolute Gasteiger partial charge is 0.443 e. The van der Waals surface area contributed by atoms with Gasteiger partial charge < -0.3 is 14.2 Å². The molecule has 1 aromatic rings. The molecule has 0 atom stereocenters. The minimum atomic E-state index is -4.75. The van der Waals surface area contributed by atoms with Gasteiger partial charge >= 0.3 is 18.5 Å². The van der Waals surface area contributed by atoms with Crippen LogP contribution >= 0.6 is 11.8 Å². The number of benzene rings is 1. The quantitative estimate of drug-likeness (QED) is 0.487. The molecule has 0 heterocycles. The fraction of sp³-hybridized carbons (Fsp3) is 0.500. The summed E-state index contributed by atoms with van der Waals surface area (Å²) in [5.41, 5.74) is -1.59. The van der Waals surface area contributed by atoms with Gasteiger partial charge in [-0.1, -0.05) is 17.8 Å². The largest absolute Gasteiger partial charge is 0.573 e. The van der Waals surface area contributed by atoms with E-state index in [-0.39, 0.29) is 12.3 Å². The van der Waals surface area contributed by atoms with Gasteiger partial charge in [0, 0.05) is 4.90 Å². The molecule has 0 fully saturated rings. The van der Waals surface area contributed by atoms with E-state index in [1.165, 1.54) is 36.0 Å². The lowest BCUT2D eigenvalue weighted by Gasteiger charge is -2.28. The van der Waals surface area contributed by atoms with Crippen molar-refractivity contribution in [3.05, 3.63) is 35.7 Å². The first-order valence-electron chi connectivity index (χ1n) is 8.97. The molecule has 2 amide bonds. The van der Waals surface area contributed by atoms with Crippen LogP contribution in [0.1, 0.15) is 41.5 Å². The average molecular weight is 449 g/mol. The average Bonchev–Trinajstić information content (AvgIpc) is 2.51. The van der Waals surface area contributed by atoms with E-state index in [0.29, 0.717) is 4.90 Å². The van der Waals surface area contributed by atoms with Crippen molar-refractivity contribution in [1.29, 1.82) is 0 Å². The lowest BCUT2D eigenvalue weighted by Crippen LogP contribution is -2.43. The molecule has 30 heavy (non-hydrogen) atoms. The zero-order valence-electron chi connectivity index (χ0n) is 17.7. The number of carbonyl (C=O) groups is 2. The number of hydrogen-bond acceptors (Lipinski definition) is 6. The Morgan fingerprint density at radius 3 is 1.80 bits per heavy atom. The maximum absolute atomic E-state index is 12.4. The van der Waals surface area contributed by atoms with Crippen molar-refractivity contribution in [1.82, 2.24) is 4.90 Å². The molecule has 0 aromatic heterocycles. The van der Waals surface area contributed by atoms with Gasteiger partial charge in [0.2, 0.25) is 0 Å². The highest BCUT2D eigenvalue weighted by atomic mass is 32.2. The van der Waals surface area contributed by atoms with Crippen LogP contribution in [0.25, 0.3) is 0 Å². The Hall–Kier alpha value is -2.36. The zero-order valence-corrected chi connectivity index (χ0v) is 18.5. The van der Waals surface area contributed by atoms with E-state index in [2.05, 4.69) is 4.74 Å². The van der Waals surface area contributed by atoms with Gasteiger partial charge in [0.25, 0.3) is 0 Å². The van der Waals surface area contributed by atoms with Gasteiger partial charge in [0.05, 0.1) is 6.54 Å². The summed E-state index contributed by atoms with van der Waals surface area (Å²) in [4.78, 5) is 26.2. The molecule has 0 aliphatic carbocycles. The highest BCUT2D eigenvalue weighted by molar-refractivity contribution is 8.02. The number of halogens is 3. The lowest BCUT2D eigenvalue weighted by molar-refractivity contribution is -0.274. The summed E-state index contributed by atoms with van der Waals surface area (Å²) in [5, 5.41) is 1.60. The maximum atomic E-state index is 12.4. The normalized spacial score (nSPS) is 12.6. The molecule has 0 N–H and O–H groups in total. The van der Waals surface area contributed by atoms with Crippen molar-refractivity contribution in [2.45, 2.75) is 64.0 Å². The van der Waals surface area contributed by atoms with E-state index >= 15 is 0 Å². The van der Waals surface area contributed by atoms with E-state index in [1.54, 1.807) is 53.0 Å². The molecule has 1 rings (SSSR count). The minimum Gasteiger partial charge on any atom is -0.443 e. The molecule has 0 radical (unpaired) electrons. The van der Waals surface area contributed by atoms with Crippen LogP contribution in [0.15, 0.2) is 40.6 Å². The topological polar surface area (TPSA) is 65.1 Å². The van der Waals surface area contributed by atoms with Crippen LogP contribution in [0.2, 0.25) is 0 Å². The highest BCUT2D eigenvalue weighted by Gasteiger charge is 2.31. The standard InChI is InChI=1S/C20H26F3NO5S/c1-18(2,3)28-16(25)24(17(26)29-19(4,5)6)12-7-13-30-15-10-8-14(9-11-15)27-20(21,22)23/h7-11,13H,12H2,1-6H3/b13-7+. The van der Waals surface area contributed by atoms with Gasteiger partial charge in [0.15, 0.2) is 0 Å². The van der Waals surface area contributed by atoms with E-state index in [1.807, 2.05) is 0 Å². The predicted octanol–water partition coefficient (Wildman–Crippen LogP) is 6.36. The second kappa shape index (κ2) is 10.1. The summed E-state index contributed by atoms with van der Waals surface area (Å²) in [5.74, 6) is -0.322. The van der Waals surface area contributed by atoms with Crippen LogP contribution in [-0.2, 0) is 9.47 Å². The number of hydrogen-bond donors (Lipinski definition) is 0. The summed E-state index contributed by atoms with van der Waals surface area (Å²) in [6.45, 7) is 9.95. The van der Waals surface area contributed by atoms with Crippen LogP contribution in [0.5, 0.6) is 5.75 Å². The third-order valence-corrected chi connectivity index (χ3v) is 3.75.